The number of likely N-dealkylation sites (tertiary alicyclic amines) is 1. The first-order valence-electron chi connectivity index (χ1n) is 7.32. The molecule has 3 rings (SSSR count). The van der Waals surface area contributed by atoms with Gasteiger partial charge in [0.1, 0.15) is 9.88 Å². The highest BCUT2D eigenvalue weighted by Gasteiger charge is 2.28. The molecule has 0 aliphatic carbocycles. The molecule has 1 aliphatic rings. The highest BCUT2D eigenvalue weighted by atomic mass is 35.5. The molecule has 22 heavy (non-hydrogen) atoms. The summed E-state index contributed by atoms with van der Waals surface area (Å²) < 4.78 is 0. The molecule has 4 nitrogen and oxygen atoms in total. The van der Waals surface area contributed by atoms with E-state index in [1.165, 1.54) is 11.3 Å². The van der Waals surface area contributed by atoms with Gasteiger partial charge in [-0.15, -0.1) is 11.3 Å². The van der Waals surface area contributed by atoms with Crippen LogP contribution in [0.4, 0.5) is 0 Å². The Labute approximate surface area is 138 Å². The number of amides is 1. The van der Waals surface area contributed by atoms with Crippen LogP contribution in [-0.2, 0) is 0 Å². The third-order valence-electron chi connectivity index (χ3n) is 3.89. The number of carbonyl (C=O) groups is 1. The lowest BCUT2D eigenvalue weighted by Crippen LogP contribution is -2.45. The van der Waals surface area contributed by atoms with E-state index in [0.29, 0.717) is 16.4 Å². The molecule has 1 atom stereocenters. The van der Waals surface area contributed by atoms with Crippen LogP contribution in [0.3, 0.4) is 0 Å². The molecule has 1 amide bonds. The molecular weight excluding hydrogens is 320 g/mol. The zero-order valence-corrected chi connectivity index (χ0v) is 13.6. The Bertz CT molecular complexity index is 674. The second-order valence-electron chi connectivity index (χ2n) is 5.37. The monoisotopic (exact) mass is 336 g/mol. The minimum absolute atomic E-state index is 0.0195. The van der Waals surface area contributed by atoms with E-state index in [9.17, 15) is 9.90 Å². The van der Waals surface area contributed by atoms with E-state index >= 15 is 0 Å². The standard InChI is InChI=1S/C16H17ClN2O2S/c17-12-5-3-4-11(8-12)15-18-9-14(22-15)16(21)19-7-2-1-6-13(19)10-20/h3-5,8-9,13,20H,1-2,6-7,10H2. The van der Waals surface area contributed by atoms with Crippen molar-refractivity contribution in [3.8, 4) is 10.6 Å². The van der Waals surface area contributed by atoms with Crippen LogP contribution in [0.15, 0.2) is 30.5 Å². The Hall–Kier alpha value is -1.43. The van der Waals surface area contributed by atoms with Crippen molar-refractivity contribution in [1.82, 2.24) is 9.88 Å². The number of rotatable bonds is 3. The van der Waals surface area contributed by atoms with Gasteiger partial charge in [-0.1, -0.05) is 23.7 Å². The van der Waals surface area contributed by atoms with Crippen molar-refractivity contribution in [2.45, 2.75) is 25.3 Å². The molecule has 1 fully saturated rings. The number of halogens is 1. The van der Waals surface area contributed by atoms with E-state index in [2.05, 4.69) is 4.98 Å². The van der Waals surface area contributed by atoms with Gasteiger partial charge in [0.05, 0.1) is 18.8 Å². The Kier molecular flexibility index (Phi) is 4.76. The minimum Gasteiger partial charge on any atom is -0.394 e. The summed E-state index contributed by atoms with van der Waals surface area (Å²) in [5.41, 5.74) is 0.911. The number of aromatic nitrogens is 1. The molecule has 1 N–H and O–H groups in total. The normalized spacial score (nSPS) is 18.5. The molecule has 0 bridgehead atoms. The molecule has 1 aromatic carbocycles. The lowest BCUT2D eigenvalue weighted by molar-refractivity contribution is 0.0507. The molecule has 2 heterocycles. The fraction of sp³-hybridized carbons (Fsp3) is 0.375. The highest BCUT2D eigenvalue weighted by Crippen LogP contribution is 2.29. The fourth-order valence-corrected chi connectivity index (χ4v) is 3.79. The third-order valence-corrected chi connectivity index (χ3v) is 5.16. The maximum atomic E-state index is 12.6. The highest BCUT2D eigenvalue weighted by molar-refractivity contribution is 7.16. The molecule has 6 heteroatoms. The second kappa shape index (κ2) is 6.77. The molecule has 1 unspecified atom stereocenters. The van der Waals surface area contributed by atoms with Crippen LogP contribution in [0.5, 0.6) is 0 Å². The fourth-order valence-electron chi connectivity index (χ4n) is 2.73. The van der Waals surface area contributed by atoms with E-state index in [0.717, 1.165) is 29.8 Å². The van der Waals surface area contributed by atoms with Crippen LogP contribution < -0.4 is 0 Å². The van der Waals surface area contributed by atoms with Gasteiger partial charge in [-0.05, 0) is 31.4 Å². The van der Waals surface area contributed by atoms with Crippen LogP contribution in [0.1, 0.15) is 28.9 Å². The molecule has 0 spiro atoms. The van der Waals surface area contributed by atoms with Gasteiger partial charge in [-0.2, -0.15) is 0 Å². The summed E-state index contributed by atoms with van der Waals surface area (Å²) in [4.78, 5) is 19.4. The summed E-state index contributed by atoms with van der Waals surface area (Å²) >= 11 is 7.36. The average molecular weight is 337 g/mol. The van der Waals surface area contributed by atoms with Gasteiger partial charge >= 0.3 is 0 Å². The number of carbonyl (C=O) groups excluding carboxylic acids is 1. The van der Waals surface area contributed by atoms with E-state index < -0.39 is 0 Å². The van der Waals surface area contributed by atoms with Crippen molar-refractivity contribution in [3.05, 3.63) is 40.4 Å². The van der Waals surface area contributed by atoms with Crippen molar-refractivity contribution in [1.29, 1.82) is 0 Å². The minimum atomic E-state index is -0.0713. The van der Waals surface area contributed by atoms with Gasteiger partial charge < -0.3 is 10.0 Å². The van der Waals surface area contributed by atoms with E-state index in [-0.39, 0.29) is 18.6 Å². The number of hydrogen-bond donors (Lipinski definition) is 1. The maximum Gasteiger partial charge on any atom is 0.265 e. The number of aliphatic hydroxyl groups excluding tert-OH is 1. The summed E-state index contributed by atoms with van der Waals surface area (Å²) in [5.74, 6) is -0.0375. The van der Waals surface area contributed by atoms with E-state index in [1.54, 1.807) is 11.1 Å². The lowest BCUT2D eigenvalue weighted by atomic mass is 10.0. The van der Waals surface area contributed by atoms with Gasteiger partial charge in [-0.25, -0.2) is 4.98 Å². The van der Waals surface area contributed by atoms with Crippen LogP contribution in [0.25, 0.3) is 10.6 Å². The third kappa shape index (κ3) is 3.16. The first-order valence-corrected chi connectivity index (χ1v) is 8.52. The van der Waals surface area contributed by atoms with Crippen molar-refractivity contribution in [2.24, 2.45) is 0 Å². The van der Waals surface area contributed by atoms with Crippen molar-refractivity contribution < 1.29 is 9.90 Å². The molecule has 0 saturated carbocycles. The number of aliphatic hydroxyl groups is 1. The quantitative estimate of drug-likeness (QED) is 0.934. The molecule has 0 radical (unpaired) electrons. The topological polar surface area (TPSA) is 53.4 Å². The average Bonchev–Trinajstić information content (AvgIpc) is 3.04. The van der Waals surface area contributed by atoms with Gasteiger partial charge in [0.25, 0.3) is 5.91 Å². The summed E-state index contributed by atoms with van der Waals surface area (Å²) in [6.07, 6.45) is 4.53. The number of hydrogen-bond acceptors (Lipinski definition) is 4. The van der Waals surface area contributed by atoms with Crippen molar-refractivity contribution >= 4 is 28.8 Å². The van der Waals surface area contributed by atoms with Crippen LogP contribution >= 0.6 is 22.9 Å². The largest absolute Gasteiger partial charge is 0.394 e. The Morgan fingerprint density at radius 2 is 2.32 bits per heavy atom. The smallest absolute Gasteiger partial charge is 0.265 e. The SMILES string of the molecule is O=C(c1cnc(-c2cccc(Cl)c2)s1)N1CCCCC1CO. The predicted molar refractivity (Wildman–Crippen MR) is 88.3 cm³/mol. The molecular formula is C16H17ClN2O2S. The van der Waals surface area contributed by atoms with Crippen molar-refractivity contribution in [2.75, 3.05) is 13.2 Å². The van der Waals surface area contributed by atoms with Crippen molar-refractivity contribution in [3.63, 3.8) is 0 Å². The van der Waals surface area contributed by atoms with Crippen LogP contribution in [-0.4, -0.2) is 40.1 Å². The Morgan fingerprint density at radius 1 is 1.45 bits per heavy atom. The number of nitrogens with zero attached hydrogens (tertiary/aromatic N) is 2. The summed E-state index contributed by atoms with van der Waals surface area (Å²) in [5, 5.41) is 10.9. The molecule has 1 saturated heterocycles. The van der Waals surface area contributed by atoms with Crippen LogP contribution in [0, 0.1) is 0 Å². The van der Waals surface area contributed by atoms with Gasteiger partial charge in [-0.3, -0.25) is 4.79 Å². The Balaban J connectivity index is 1.82. The summed E-state index contributed by atoms with van der Waals surface area (Å²) in [6.45, 7) is 0.722. The van der Waals surface area contributed by atoms with Crippen LogP contribution in [0.2, 0.25) is 5.02 Å². The predicted octanol–water partition coefficient (Wildman–Crippen LogP) is 3.45. The summed E-state index contributed by atoms with van der Waals surface area (Å²) in [6, 6.07) is 7.37. The second-order valence-corrected chi connectivity index (χ2v) is 6.84. The van der Waals surface area contributed by atoms with Gasteiger partial charge in [0.15, 0.2) is 0 Å². The zero-order valence-electron chi connectivity index (χ0n) is 12.0. The number of thiazole rings is 1. The lowest BCUT2D eigenvalue weighted by Gasteiger charge is -2.34. The van der Waals surface area contributed by atoms with Gasteiger partial charge in [0.2, 0.25) is 0 Å². The first-order chi connectivity index (χ1) is 10.7. The van der Waals surface area contributed by atoms with E-state index in [1.807, 2.05) is 24.3 Å². The molecule has 1 aromatic heterocycles. The van der Waals surface area contributed by atoms with Gasteiger partial charge in [0, 0.05) is 17.1 Å². The first kappa shape index (κ1) is 15.5. The number of benzene rings is 1. The van der Waals surface area contributed by atoms with E-state index in [4.69, 9.17) is 11.6 Å². The molecule has 2 aromatic rings. The molecule has 1 aliphatic heterocycles. The molecule has 116 valence electrons. The number of piperidine rings is 1. The zero-order chi connectivity index (χ0) is 15.5. The maximum absolute atomic E-state index is 12.6. The Morgan fingerprint density at radius 3 is 3.09 bits per heavy atom. The summed E-state index contributed by atoms with van der Waals surface area (Å²) in [7, 11) is 0.